The predicted octanol–water partition coefficient (Wildman–Crippen LogP) is 1.26. The number of hydrogen-bond acceptors (Lipinski definition) is 6. The number of sulfonamides is 1. The van der Waals surface area contributed by atoms with Crippen LogP contribution >= 0.6 is 12.4 Å². The SMILES string of the molecule is CNCC1CCN(S(=O)(=O)c2ccc([N+](=O)[O-])cc2OC)C1.Cl. The minimum atomic E-state index is -3.72. The van der Waals surface area contributed by atoms with E-state index in [2.05, 4.69) is 5.32 Å². The fraction of sp³-hybridized carbons (Fsp3) is 0.538. The van der Waals surface area contributed by atoms with Crippen molar-refractivity contribution in [3.8, 4) is 5.75 Å². The van der Waals surface area contributed by atoms with E-state index in [9.17, 15) is 18.5 Å². The molecule has 130 valence electrons. The highest BCUT2D eigenvalue weighted by Crippen LogP contribution is 2.32. The van der Waals surface area contributed by atoms with Gasteiger partial charge in [0.05, 0.1) is 18.1 Å². The van der Waals surface area contributed by atoms with Crippen molar-refractivity contribution in [1.82, 2.24) is 9.62 Å². The van der Waals surface area contributed by atoms with Crippen LogP contribution in [0.25, 0.3) is 0 Å². The van der Waals surface area contributed by atoms with Crippen molar-refractivity contribution >= 4 is 28.1 Å². The number of nitro benzene ring substituents is 1. The van der Waals surface area contributed by atoms with Crippen LogP contribution in [0.3, 0.4) is 0 Å². The number of nitrogens with one attached hydrogen (secondary N) is 1. The predicted molar refractivity (Wildman–Crippen MR) is 87.7 cm³/mol. The molecule has 10 heteroatoms. The normalized spacial score (nSPS) is 18.4. The van der Waals surface area contributed by atoms with Gasteiger partial charge >= 0.3 is 0 Å². The quantitative estimate of drug-likeness (QED) is 0.601. The summed E-state index contributed by atoms with van der Waals surface area (Å²) in [6.45, 7) is 1.63. The van der Waals surface area contributed by atoms with E-state index >= 15 is 0 Å². The summed E-state index contributed by atoms with van der Waals surface area (Å²) in [5, 5.41) is 13.8. The van der Waals surface area contributed by atoms with Gasteiger partial charge in [-0.1, -0.05) is 0 Å². The van der Waals surface area contributed by atoms with Gasteiger partial charge in [0.1, 0.15) is 10.6 Å². The van der Waals surface area contributed by atoms with Crippen LogP contribution in [0, 0.1) is 16.0 Å². The molecule has 1 aliphatic heterocycles. The molecule has 8 nitrogen and oxygen atoms in total. The number of rotatable bonds is 6. The molecule has 2 rings (SSSR count). The molecule has 1 fully saturated rings. The van der Waals surface area contributed by atoms with Crippen molar-refractivity contribution in [3.05, 3.63) is 28.3 Å². The molecule has 1 heterocycles. The van der Waals surface area contributed by atoms with Crippen LogP contribution in [0.2, 0.25) is 0 Å². The maximum absolute atomic E-state index is 12.7. The smallest absolute Gasteiger partial charge is 0.273 e. The second kappa shape index (κ2) is 7.91. The zero-order valence-electron chi connectivity index (χ0n) is 12.9. The molecule has 1 atom stereocenters. The highest BCUT2D eigenvalue weighted by Gasteiger charge is 2.34. The summed E-state index contributed by atoms with van der Waals surface area (Å²) in [6, 6.07) is 3.54. The van der Waals surface area contributed by atoms with E-state index in [1.54, 1.807) is 0 Å². The standard InChI is InChI=1S/C13H19N3O5S.ClH/c1-14-8-10-5-6-15(9-10)22(19,20)13-4-3-11(16(17)18)7-12(13)21-2;/h3-4,7,10,14H,5-6,8-9H2,1-2H3;1H. The Labute approximate surface area is 141 Å². The molecule has 0 aliphatic carbocycles. The molecule has 1 unspecified atom stereocenters. The topological polar surface area (TPSA) is 102 Å². The third-order valence-electron chi connectivity index (χ3n) is 3.72. The first-order valence-corrected chi connectivity index (χ1v) is 8.31. The van der Waals surface area contributed by atoms with Gasteiger partial charge in [0, 0.05) is 19.2 Å². The van der Waals surface area contributed by atoms with Gasteiger partial charge in [0.25, 0.3) is 5.69 Å². The first-order valence-electron chi connectivity index (χ1n) is 6.87. The van der Waals surface area contributed by atoms with E-state index in [1.165, 1.54) is 23.5 Å². The van der Waals surface area contributed by atoms with E-state index in [0.29, 0.717) is 13.1 Å². The van der Waals surface area contributed by atoms with Crippen LogP contribution in [0.4, 0.5) is 5.69 Å². The summed E-state index contributed by atoms with van der Waals surface area (Å²) in [5.41, 5.74) is -0.203. The average molecular weight is 366 g/mol. The van der Waals surface area contributed by atoms with Gasteiger partial charge in [0.15, 0.2) is 0 Å². The molecule has 1 aliphatic rings. The summed E-state index contributed by atoms with van der Waals surface area (Å²) in [6.07, 6.45) is 0.787. The Bertz CT molecular complexity index is 668. The fourth-order valence-corrected chi connectivity index (χ4v) is 4.26. The lowest BCUT2D eigenvalue weighted by molar-refractivity contribution is -0.385. The first kappa shape index (κ1) is 19.6. The number of non-ortho nitro benzene ring substituents is 1. The number of halogens is 1. The Balaban J connectivity index is 0.00000264. The average Bonchev–Trinajstić information content (AvgIpc) is 2.96. The number of benzene rings is 1. The second-order valence-electron chi connectivity index (χ2n) is 5.17. The van der Waals surface area contributed by atoms with Gasteiger partial charge in [-0.05, 0) is 32.0 Å². The number of nitro groups is 1. The van der Waals surface area contributed by atoms with E-state index in [0.717, 1.165) is 19.0 Å². The Kier molecular flexibility index (Phi) is 6.75. The second-order valence-corrected chi connectivity index (χ2v) is 7.07. The Morgan fingerprint density at radius 1 is 1.48 bits per heavy atom. The first-order chi connectivity index (χ1) is 10.4. The van der Waals surface area contributed by atoms with Crippen molar-refractivity contribution in [2.24, 2.45) is 5.92 Å². The molecule has 1 saturated heterocycles. The zero-order valence-corrected chi connectivity index (χ0v) is 14.5. The molecule has 1 aromatic rings. The Morgan fingerprint density at radius 2 is 2.17 bits per heavy atom. The number of nitrogens with zero attached hydrogens (tertiary/aromatic N) is 2. The number of ether oxygens (including phenoxy) is 1. The zero-order chi connectivity index (χ0) is 16.3. The van der Waals surface area contributed by atoms with Crippen molar-refractivity contribution in [1.29, 1.82) is 0 Å². The van der Waals surface area contributed by atoms with Crippen molar-refractivity contribution < 1.29 is 18.1 Å². The third-order valence-corrected chi connectivity index (χ3v) is 5.62. The molecule has 0 spiro atoms. The summed E-state index contributed by atoms with van der Waals surface area (Å²) < 4.78 is 31.8. The molecule has 0 bridgehead atoms. The van der Waals surface area contributed by atoms with Crippen LogP contribution in [-0.4, -0.2) is 51.4 Å². The van der Waals surface area contributed by atoms with Gasteiger partial charge in [-0.2, -0.15) is 4.31 Å². The lowest BCUT2D eigenvalue weighted by Gasteiger charge is -2.18. The van der Waals surface area contributed by atoms with E-state index in [-0.39, 0.29) is 34.7 Å². The largest absolute Gasteiger partial charge is 0.495 e. The summed E-state index contributed by atoms with van der Waals surface area (Å²) in [7, 11) is -0.590. The molecule has 0 aromatic heterocycles. The number of hydrogen-bond donors (Lipinski definition) is 1. The minimum Gasteiger partial charge on any atom is -0.495 e. The van der Waals surface area contributed by atoms with E-state index < -0.39 is 14.9 Å². The Hall–Kier alpha value is -1.42. The van der Waals surface area contributed by atoms with Crippen molar-refractivity contribution in [2.45, 2.75) is 11.3 Å². The van der Waals surface area contributed by atoms with Crippen LogP contribution in [0.1, 0.15) is 6.42 Å². The van der Waals surface area contributed by atoms with E-state index in [4.69, 9.17) is 4.74 Å². The summed E-state index contributed by atoms with van der Waals surface area (Å²) in [5.74, 6) is 0.259. The molecule has 23 heavy (non-hydrogen) atoms. The van der Waals surface area contributed by atoms with Crippen LogP contribution < -0.4 is 10.1 Å². The molecule has 0 radical (unpaired) electrons. The Morgan fingerprint density at radius 3 is 2.74 bits per heavy atom. The lowest BCUT2D eigenvalue weighted by atomic mass is 10.1. The molecular weight excluding hydrogens is 346 g/mol. The summed E-state index contributed by atoms with van der Waals surface area (Å²) in [4.78, 5) is 10.2. The molecule has 1 aromatic carbocycles. The third kappa shape index (κ3) is 4.11. The molecule has 0 saturated carbocycles. The van der Waals surface area contributed by atoms with Crippen LogP contribution in [-0.2, 0) is 10.0 Å². The molecular formula is C13H20ClN3O5S. The van der Waals surface area contributed by atoms with Gasteiger partial charge in [0.2, 0.25) is 10.0 Å². The van der Waals surface area contributed by atoms with Gasteiger partial charge < -0.3 is 10.1 Å². The van der Waals surface area contributed by atoms with Crippen LogP contribution in [0.5, 0.6) is 5.75 Å². The van der Waals surface area contributed by atoms with Crippen LogP contribution in [0.15, 0.2) is 23.1 Å². The summed E-state index contributed by atoms with van der Waals surface area (Å²) >= 11 is 0. The maximum Gasteiger partial charge on any atom is 0.273 e. The molecule has 0 amide bonds. The fourth-order valence-electron chi connectivity index (χ4n) is 2.59. The molecule has 1 N–H and O–H groups in total. The lowest BCUT2D eigenvalue weighted by Crippen LogP contribution is -2.30. The monoisotopic (exact) mass is 365 g/mol. The van der Waals surface area contributed by atoms with Crippen molar-refractivity contribution in [3.63, 3.8) is 0 Å². The van der Waals surface area contributed by atoms with E-state index in [1.807, 2.05) is 7.05 Å². The minimum absolute atomic E-state index is 0. The van der Waals surface area contributed by atoms with Crippen molar-refractivity contribution in [2.75, 3.05) is 33.8 Å². The van der Waals surface area contributed by atoms with Gasteiger partial charge in [-0.15, -0.1) is 12.4 Å². The maximum atomic E-state index is 12.7. The number of methoxy groups -OCH3 is 1. The highest BCUT2D eigenvalue weighted by molar-refractivity contribution is 7.89. The van der Waals surface area contributed by atoms with Gasteiger partial charge in [-0.25, -0.2) is 8.42 Å². The van der Waals surface area contributed by atoms with Gasteiger partial charge in [-0.3, -0.25) is 10.1 Å². The highest BCUT2D eigenvalue weighted by atomic mass is 35.5.